The molecule has 0 aromatic heterocycles. The molecule has 0 spiro atoms. The summed E-state index contributed by atoms with van der Waals surface area (Å²) >= 11 is 0. The SMILES string of the molecule is COc1ccc(F)c(-c2ccc(CC(C)C)cc2C2CCCC2C)c1. The van der Waals surface area contributed by atoms with Gasteiger partial charge in [-0.25, -0.2) is 4.39 Å². The normalized spacial score (nSPS) is 20.2. The minimum absolute atomic E-state index is 0.177. The van der Waals surface area contributed by atoms with Crippen molar-refractivity contribution in [2.24, 2.45) is 11.8 Å². The molecule has 1 aliphatic rings. The second-order valence-electron chi connectivity index (χ2n) is 7.88. The van der Waals surface area contributed by atoms with Crippen LogP contribution < -0.4 is 4.74 Å². The van der Waals surface area contributed by atoms with Gasteiger partial charge in [0.15, 0.2) is 0 Å². The minimum Gasteiger partial charge on any atom is -0.497 e. The molecule has 2 atom stereocenters. The topological polar surface area (TPSA) is 9.23 Å². The van der Waals surface area contributed by atoms with Crippen molar-refractivity contribution in [3.63, 3.8) is 0 Å². The standard InChI is InChI=1S/C23H29FO/c1-15(2)12-17-8-10-20(21(13-17)19-7-5-6-16(19)3)22-14-18(25-4)9-11-23(22)24/h8-11,13-16,19H,5-7,12H2,1-4H3. The maximum atomic E-state index is 14.6. The lowest BCUT2D eigenvalue weighted by Gasteiger charge is -2.22. The highest BCUT2D eigenvalue weighted by molar-refractivity contribution is 5.71. The number of methoxy groups -OCH3 is 1. The third-order valence-electron chi connectivity index (χ3n) is 5.48. The summed E-state index contributed by atoms with van der Waals surface area (Å²) in [7, 11) is 1.63. The van der Waals surface area contributed by atoms with Gasteiger partial charge >= 0.3 is 0 Å². The van der Waals surface area contributed by atoms with Gasteiger partial charge in [-0.3, -0.25) is 0 Å². The highest BCUT2D eigenvalue weighted by Crippen LogP contribution is 2.44. The smallest absolute Gasteiger partial charge is 0.131 e. The van der Waals surface area contributed by atoms with Crippen LogP contribution >= 0.6 is 0 Å². The number of hydrogen-bond acceptors (Lipinski definition) is 1. The fourth-order valence-corrected chi connectivity index (χ4v) is 4.21. The Morgan fingerprint density at radius 1 is 1.08 bits per heavy atom. The molecule has 2 heteroatoms. The van der Waals surface area contributed by atoms with Crippen molar-refractivity contribution >= 4 is 0 Å². The Morgan fingerprint density at radius 3 is 2.52 bits per heavy atom. The Labute approximate surface area is 151 Å². The number of ether oxygens (including phenoxy) is 1. The van der Waals surface area contributed by atoms with Crippen molar-refractivity contribution in [1.82, 2.24) is 0 Å². The highest BCUT2D eigenvalue weighted by Gasteiger charge is 2.28. The Kier molecular flexibility index (Phi) is 5.46. The molecule has 134 valence electrons. The first-order chi connectivity index (χ1) is 12.0. The maximum absolute atomic E-state index is 14.6. The van der Waals surface area contributed by atoms with E-state index in [9.17, 15) is 4.39 Å². The molecule has 1 saturated carbocycles. The second-order valence-corrected chi connectivity index (χ2v) is 7.88. The molecule has 0 heterocycles. The van der Waals surface area contributed by atoms with Gasteiger partial charge in [-0.05, 0) is 65.5 Å². The lowest BCUT2D eigenvalue weighted by molar-refractivity contribution is 0.414. The molecule has 3 rings (SSSR count). The number of halogens is 1. The molecule has 0 saturated heterocycles. The van der Waals surface area contributed by atoms with Crippen molar-refractivity contribution in [2.75, 3.05) is 7.11 Å². The van der Waals surface area contributed by atoms with Crippen molar-refractivity contribution in [3.8, 4) is 16.9 Å². The molecular formula is C23H29FO. The van der Waals surface area contributed by atoms with E-state index in [-0.39, 0.29) is 5.82 Å². The van der Waals surface area contributed by atoms with Gasteiger partial charge in [0, 0.05) is 5.56 Å². The van der Waals surface area contributed by atoms with Crippen LogP contribution in [0.15, 0.2) is 36.4 Å². The van der Waals surface area contributed by atoms with Crippen molar-refractivity contribution in [3.05, 3.63) is 53.3 Å². The number of benzene rings is 2. The van der Waals surface area contributed by atoms with Gasteiger partial charge in [-0.1, -0.05) is 51.8 Å². The van der Waals surface area contributed by atoms with Crippen LogP contribution in [-0.4, -0.2) is 7.11 Å². The van der Waals surface area contributed by atoms with Crippen molar-refractivity contribution in [1.29, 1.82) is 0 Å². The zero-order chi connectivity index (χ0) is 18.0. The summed E-state index contributed by atoms with van der Waals surface area (Å²) < 4.78 is 19.9. The maximum Gasteiger partial charge on any atom is 0.131 e. The first kappa shape index (κ1) is 18.0. The number of rotatable bonds is 5. The highest BCUT2D eigenvalue weighted by atomic mass is 19.1. The molecule has 2 aromatic rings. The fraction of sp³-hybridized carbons (Fsp3) is 0.478. The van der Waals surface area contributed by atoms with Gasteiger partial charge < -0.3 is 4.74 Å². The van der Waals surface area contributed by atoms with E-state index in [4.69, 9.17) is 4.74 Å². The van der Waals surface area contributed by atoms with Crippen LogP contribution in [0, 0.1) is 17.7 Å². The first-order valence-electron chi connectivity index (χ1n) is 9.46. The molecule has 0 bridgehead atoms. The Bertz CT molecular complexity index is 735. The van der Waals surface area contributed by atoms with Gasteiger partial charge in [0.25, 0.3) is 0 Å². The summed E-state index contributed by atoms with van der Waals surface area (Å²) in [5.74, 6) is 2.32. The average Bonchev–Trinajstić information content (AvgIpc) is 3.01. The van der Waals surface area contributed by atoms with Crippen LogP contribution in [0.3, 0.4) is 0 Å². The van der Waals surface area contributed by atoms with Crippen LogP contribution in [-0.2, 0) is 6.42 Å². The van der Waals surface area contributed by atoms with Crippen LogP contribution in [0.1, 0.15) is 57.1 Å². The third-order valence-corrected chi connectivity index (χ3v) is 5.48. The van der Waals surface area contributed by atoms with E-state index in [1.807, 2.05) is 6.07 Å². The Hall–Kier alpha value is -1.83. The fourth-order valence-electron chi connectivity index (χ4n) is 4.21. The summed E-state index contributed by atoms with van der Waals surface area (Å²) in [5, 5.41) is 0. The monoisotopic (exact) mass is 340 g/mol. The lowest BCUT2D eigenvalue weighted by atomic mass is 9.83. The summed E-state index contributed by atoms with van der Waals surface area (Å²) in [4.78, 5) is 0. The predicted molar refractivity (Wildman–Crippen MR) is 103 cm³/mol. The molecule has 0 aliphatic heterocycles. The van der Waals surface area contributed by atoms with Gasteiger partial charge in [-0.2, -0.15) is 0 Å². The largest absolute Gasteiger partial charge is 0.497 e. The molecule has 0 N–H and O–H groups in total. The van der Waals surface area contributed by atoms with Crippen LogP contribution in [0.5, 0.6) is 5.75 Å². The molecule has 2 aromatic carbocycles. The second kappa shape index (κ2) is 7.59. The van der Waals surface area contributed by atoms with Crippen LogP contribution in [0.2, 0.25) is 0 Å². The quantitative estimate of drug-likeness (QED) is 0.595. The van der Waals surface area contributed by atoms with Crippen LogP contribution in [0.25, 0.3) is 11.1 Å². The van der Waals surface area contributed by atoms with Gasteiger partial charge in [-0.15, -0.1) is 0 Å². The molecule has 2 unspecified atom stereocenters. The molecule has 1 nitrogen and oxygen atoms in total. The Balaban J connectivity index is 2.12. The molecule has 0 amide bonds. The van der Waals surface area contributed by atoms with Gasteiger partial charge in [0.05, 0.1) is 7.11 Å². The van der Waals surface area contributed by atoms with E-state index >= 15 is 0 Å². The van der Waals surface area contributed by atoms with Crippen molar-refractivity contribution < 1.29 is 9.13 Å². The average molecular weight is 340 g/mol. The van der Waals surface area contributed by atoms with E-state index in [2.05, 4.69) is 39.0 Å². The third kappa shape index (κ3) is 3.89. The van der Waals surface area contributed by atoms with Gasteiger partial charge in [0.1, 0.15) is 11.6 Å². The molecule has 1 fully saturated rings. The van der Waals surface area contributed by atoms with Crippen LogP contribution in [0.4, 0.5) is 4.39 Å². The number of hydrogen-bond donors (Lipinski definition) is 0. The predicted octanol–water partition coefficient (Wildman–Crippen LogP) is 6.60. The van der Waals surface area contributed by atoms with E-state index in [1.54, 1.807) is 13.2 Å². The molecule has 1 aliphatic carbocycles. The Morgan fingerprint density at radius 2 is 1.88 bits per heavy atom. The molecule has 0 radical (unpaired) electrons. The summed E-state index contributed by atoms with van der Waals surface area (Å²) in [5.41, 5.74) is 4.36. The first-order valence-corrected chi connectivity index (χ1v) is 9.46. The van der Waals surface area contributed by atoms with E-state index in [0.29, 0.717) is 29.1 Å². The van der Waals surface area contributed by atoms with Gasteiger partial charge in [0.2, 0.25) is 0 Å². The summed E-state index contributed by atoms with van der Waals surface area (Å²) in [6.07, 6.45) is 4.79. The molecular weight excluding hydrogens is 311 g/mol. The van der Waals surface area contributed by atoms with E-state index < -0.39 is 0 Å². The molecule has 25 heavy (non-hydrogen) atoms. The van der Waals surface area contributed by atoms with E-state index in [1.165, 1.54) is 36.5 Å². The summed E-state index contributed by atoms with van der Waals surface area (Å²) in [6.45, 7) is 6.82. The zero-order valence-electron chi connectivity index (χ0n) is 15.8. The van der Waals surface area contributed by atoms with E-state index in [0.717, 1.165) is 12.0 Å². The zero-order valence-corrected chi connectivity index (χ0v) is 15.8. The van der Waals surface area contributed by atoms with Crippen molar-refractivity contribution in [2.45, 2.75) is 52.4 Å². The summed E-state index contributed by atoms with van der Waals surface area (Å²) in [6, 6.07) is 11.6. The lowest BCUT2D eigenvalue weighted by Crippen LogP contribution is -2.06. The minimum atomic E-state index is -0.177.